The SMILES string of the molecule is COc1cccc(C(=O)N2CCCC[C@H]2c2cc3nc(N4C[C@@H](C#N)[C@@H](O)C4)c(C)cn3n2)c1C. The molecule has 0 unspecified atom stereocenters. The molecule has 2 aliphatic rings. The van der Waals surface area contributed by atoms with Gasteiger partial charge in [0.15, 0.2) is 5.65 Å². The standard InChI is InChI=1S/C26H30N6O3/c1-16-13-32-24(28-25(16)30-14-18(12-27)22(33)15-30)11-20(29-32)21-8-4-5-10-31(21)26(34)19-7-6-9-23(35-3)17(19)2/h6-7,9,11,13,18,21-22,33H,4-5,8,10,14-15H2,1-3H3/t18-,21+,22+/m1/s1. The summed E-state index contributed by atoms with van der Waals surface area (Å²) in [7, 11) is 1.61. The smallest absolute Gasteiger partial charge is 0.254 e. The first-order valence-corrected chi connectivity index (χ1v) is 12.1. The number of nitrogens with zero attached hydrogens (tertiary/aromatic N) is 6. The van der Waals surface area contributed by atoms with E-state index in [-0.39, 0.29) is 11.9 Å². The van der Waals surface area contributed by atoms with Crippen molar-refractivity contribution in [2.45, 2.75) is 45.3 Å². The third-order valence-corrected chi connectivity index (χ3v) is 7.22. The molecule has 0 saturated carbocycles. The van der Waals surface area contributed by atoms with Crippen LogP contribution < -0.4 is 9.64 Å². The molecule has 1 aromatic carbocycles. The monoisotopic (exact) mass is 474 g/mol. The quantitative estimate of drug-likeness (QED) is 0.619. The Morgan fingerprint density at radius 3 is 2.83 bits per heavy atom. The Bertz CT molecular complexity index is 1310. The molecule has 2 aromatic heterocycles. The van der Waals surface area contributed by atoms with E-state index in [1.54, 1.807) is 11.6 Å². The zero-order valence-corrected chi connectivity index (χ0v) is 20.3. The number of fused-ring (bicyclic) bond motifs is 1. The number of methoxy groups -OCH3 is 1. The number of amides is 1. The van der Waals surface area contributed by atoms with Gasteiger partial charge in [-0.3, -0.25) is 4.79 Å². The lowest BCUT2D eigenvalue weighted by Gasteiger charge is -2.35. The van der Waals surface area contributed by atoms with Crippen molar-refractivity contribution < 1.29 is 14.6 Å². The van der Waals surface area contributed by atoms with Crippen molar-refractivity contribution in [3.05, 3.63) is 52.8 Å². The highest BCUT2D eigenvalue weighted by atomic mass is 16.5. The van der Waals surface area contributed by atoms with Crippen LogP contribution in [-0.4, -0.2) is 63.4 Å². The number of carbonyl (C=O) groups is 1. The molecule has 4 heterocycles. The first kappa shape index (κ1) is 23.1. The minimum atomic E-state index is -0.681. The summed E-state index contributed by atoms with van der Waals surface area (Å²) in [6.45, 7) is 5.38. The third-order valence-electron chi connectivity index (χ3n) is 7.22. The maximum Gasteiger partial charge on any atom is 0.254 e. The van der Waals surface area contributed by atoms with Crippen LogP contribution in [0.4, 0.5) is 5.82 Å². The highest BCUT2D eigenvalue weighted by Crippen LogP contribution is 2.34. The van der Waals surface area contributed by atoms with Gasteiger partial charge in [0.2, 0.25) is 0 Å². The number of nitriles is 1. The summed E-state index contributed by atoms with van der Waals surface area (Å²) in [6.07, 6.45) is 4.07. The fourth-order valence-electron chi connectivity index (χ4n) is 5.29. The Labute approximate surface area is 204 Å². The fourth-order valence-corrected chi connectivity index (χ4v) is 5.29. The van der Waals surface area contributed by atoms with Gasteiger partial charge in [0.1, 0.15) is 11.6 Å². The molecule has 9 nitrogen and oxygen atoms in total. The van der Waals surface area contributed by atoms with Crippen LogP contribution in [0.15, 0.2) is 30.5 Å². The number of aromatic nitrogens is 3. The number of anilines is 1. The number of benzene rings is 1. The van der Waals surface area contributed by atoms with Gasteiger partial charge in [-0.25, -0.2) is 9.50 Å². The molecule has 1 amide bonds. The van der Waals surface area contributed by atoms with Gasteiger partial charge in [0.25, 0.3) is 5.91 Å². The average molecular weight is 475 g/mol. The molecular weight excluding hydrogens is 444 g/mol. The predicted molar refractivity (Wildman–Crippen MR) is 130 cm³/mol. The zero-order chi connectivity index (χ0) is 24.7. The number of aliphatic hydroxyl groups is 1. The molecule has 3 aromatic rings. The lowest BCUT2D eigenvalue weighted by atomic mass is 9.97. The maximum atomic E-state index is 13.6. The first-order valence-electron chi connectivity index (χ1n) is 12.1. The molecule has 2 fully saturated rings. The first-order chi connectivity index (χ1) is 16.9. The van der Waals surface area contributed by atoms with Crippen LogP contribution in [0.25, 0.3) is 5.65 Å². The van der Waals surface area contributed by atoms with Crippen LogP contribution in [0, 0.1) is 31.1 Å². The molecular formula is C26H30N6O3. The van der Waals surface area contributed by atoms with Crippen molar-refractivity contribution in [3.63, 3.8) is 0 Å². The van der Waals surface area contributed by atoms with E-state index in [0.29, 0.717) is 36.6 Å². The van der Waals surface area contributed by atoms with E-state index in [0.717, 1.165) is 41.9 Å². The van der Waals surface area contributed by atoms with Gasteiger partial charge < -0.3 is 19.6 Å². The second-order valence-corrected chi connectivity index (χ2v) is 9.47. The van der Waals surface area contributed by atoms with Gasteiger partial charge in [-0.1, -0.05) is 6.07 Å². The number of aliphatic hydroxyl groups excluding tert-OH is 1. The minimum Gasteiger partial charge on any atom is -0.496 e. The summed E-state index contributed by atoms with van der Waals surface area (Å²) in [6, 6.07) is 9.56. The van der Waals surface area contributed by atoms with Crippen LogP contribution in [-0.2, 0) is 0 Å². The average Bonchev–Trinajstić information content (AvgIpc) is 3.45. The summed E-state index contributed by atoms with van der Waals surface area (Å²) in [5, 5.41) is 24.3. The number of likely N-dealkylation sites (tertiary alicyclic amines) is 1. The Hall–Kier alpha value is -3.64. The molecule has 35 heavy (non-hydrogen) atoms. The van der Waals surface area contributed by atoms with E-state index in [1.165, 1.54) is 0 Å². The van der Waals surface area contributed by atoms with Crippen LogP contribution in [0.5, 0.6) is 5.75 Å². The number of aryl methyl sites for hydroxylation is 1. The normalized spacial score (nSPS) is 22.4. The summed E-state index contributed by atoms with van der Waals surface area (Å²) in [5.74, 6) is 1.02. The van der Waals surface area contributed by atoms with Gasteiger partial charge in [-0.05, 0) is 45.2 Å². The van der Waals surface area contributed by atoms with E-state index in [2.05, 4.69) is 6.07 Å². The Morgan fingerprint density at radius 1 is 1.26 bits per heavy atom. The Kier molecular flexibility index (Phi) is 6.07. The van der Waals surface area contributed by atoms with E-state index >= 15 is 0 Å². The molecule has 9 heteroatoms. The van der Waals surface area contributed by atoms with Gasteiger partial charge in [-0.15, -0.1) is 0 Å². The highest BCUT2D eigenvalue weighted by Gasteiger charge is 2.34. The number of carbonyl (C=O) groups excluding carboxylic acids is 1. The molecule has 0 bridgehead atoms. The summed E-state index contributed by atoms with van der Waals surface area (Å²) in [5.41, 5.74) is 3.91. The van der Waals surface area contributed by atoms with Gasteiger partial charge >= 0.3 is 0 Å². The molecule has 0 aliphatic carbocycles. The number of piperidine rings is 1. The fraction of sp³-hybridized carbons (Fsp3) is 0.462. The molecule has 0 spiro atoms. The number of ether oxygens (including phenoxy) is 1. The van der Waals surface area contributed by atoms with E-state index in [9.17, 15) is 15.2 Å². The van der Waals surface area contributed by atoms with Gasteiger partial charge in [0, 0.05) is 48.6 Å². The van der Waals surface area contributed by atoms with E-state index in [1.807, 2.05) is 54.1 Å². The molecule has 2 saturated heterocycles. The Morgan fingerprint density at radius 2 is 2.09 bits per heavy atom. The van der Waals surface area contributed by atoms with Crippen LogP contribution in [0.2, 0.25) is 0 Å². The maximum absolute atomic E-state index is 13.6. The molecule has 5 rings (SSSR count). The van der Waals surface area contributed by atoms with Crippen LogP contribution >= 0.6 is 0 Å². The predicted octanol–water partition coefficient (Wildman–Crippen LogP) is 3.04. The topological polar surface area (TPSA) is 107 Å². The van der Waals surface area contributed by atoms with Crippen LogP contribution in [0.1, 0.15) is 52.5 Å². The number of hydrogen-bond donors (Lipinski definition) is 1. The van der Waals surface area contributed by atoms with E-state index in [4.69, 9.17) is 14.8 Å². The van der Waals surface area contributed by atoms with Crippen LogP contribution in [0.3, 0.4) is 0 Å². The number of β-amino-alcohol motifs (C(OH)–C–C–N with tert-alkyl or cyclic N) is 1. The summed E-state index contributed by atoms with van der Waals surface area (Å²) >= 11 is 0. The van der Waals surface area contributed by atoms with Crippen molar-refractivity contribution in [2.75, 3.05) is 31.6 Å². The second-order valence-electron chi connectivity index (χ2n) is 9.47. The van der Waals surface area contributed by atoms with Gasteiger partial charge in [0.05, 0.1) is 36.9 Å². The lowest BCUT2D eigenvalue weighted by Crippen LogP contribution is -2.39. The third kappa shape index (κ3) is 4.08. The number of hydrogen-bond acceptors (Lipinski definition) is 7. The van der Waals surface area contributed by atoms with Crippen molar-refractivity contribution >= 4 is 17.4 Å². The molecule has 182 valence electrons. The molecule has 0 radical (unpaired) electrons. The minimum absolute atomic E-state index is 0.0124. The second kappa shape index (κ2) is 9.19. The summed E-state index contributed by atoms with van der Waals surface area (Å²) in [4.78, 5) is 22.3. The van der Waals surface area contributed by atoms with Crippen molar-refractivity contribution in [1.82, 2.24) is 19.5 Å². The number of rotatable bonds is 4. The highest BCUT2D eigenvalue weighted by molar-refractivity contribution is 5.96. The molecule has 3 atom stereocenters. The Balaban J connectivity index is 1.47. The van der Waals surface area contributed by atoms with Crippen molar-refractivity contribution in [2.24, 2.45) is 5.92 Å². The largest absolute Gasteiger partial charge is 0.496 e. The lowest BCUT2D eigenvalue weighted by molar-refractivity contribution is 0.0604. The van der Waals surface area contributed by atoms with Crippen molar-refractivity contribution in [3.8, 4) is 11.8 Å². The van der Waals surface area contributed by atoms with E-state index < -0.39 is 12.0 Å². The van der Waals surface area contributed by atoms with Crippen molar-refractivity contribution in [1.29, 1.82) is 5.26 Å². The zero-order valence-electron chi connectivity index (χ0n) is 20.3. The molecule has 1 N–H and O–H groups in total. The summed E-state index contributed by atoms with van der Waals surface area (Å²) < 4.78 is 7.19. The van der Waals surface area contributed by atoms with Gasteiger partial charge in [-0.2, -0.15) is 10.4 Å². The molecule has 2 aliphatic heterocycles.